The summed E-state index contributed by atoms with van der Waals surface area (Å²) < 4.78 is 38.0. The predicted octanol–water partition coefficient (Wildman–Crippen LogP) is 5.58. The van der Waals surface area contributed by atoms with Gasteiger partial charge in [-0.25, -0.2) is 28.7 Å². The second-order valence-corrected chi connectivity index (χ2v) is 8.76. The zero-order chi connectivity index (χ0) is 27.8. The molecule has 0 unspecified atom stereocenters. The zero-order valence-electron chi connectivity index (χ0n) is 21.3. The van der Waals surface area contributed by atoms with Crippen molar-refractivity contribution in [2.45, 2.75) is 20.8 Å². The summed E-state index contributed by atoms with van der Waals surface area (Å²) in [5.74, 6) is -1.75. The topological polar surface area (TPSA) is 121 Å². The van der Waals surface area contributed by atoms with E-state index in [-0.39, 0.29) is 28.8 Å². The average molecular weight is 528 g/mol. The Morgan fingerprint density at radius 3 is 2.59 bits per heavy atom. The highest BCUT2D eigenvalue weighted by Crippen LogP contribution is 2.40. The number of ether oxygens (including phenoxy) is 1. The first-order valence-electron chi connectivity index (χ1n) is 11.8. The van der Waals surface area contributed by atoms with E-state index in [4.69, 9.17) is 10.5 Å². The number of nitrogens with two attached hydrogens (primary N) is 1. The molecule has 1 amide bonds. The van der Waals surface area contributed by atoms with Crippen LogP contribution in [0.5, 0.6) is 11.8 Å². The van der Waals surface area contributed by atoms with Crippen molar-refractivity contribution in [2.24, 2.45) is 0 Å². The monoisotopic (exact) mass is 527 g/mol. The fourth-order valence-electron chi connectivity index (χ4n) is 4.37. The molecule has 9 nitrogen and oxygen atoms in total. The van der Waals surface area contributed by atoms with Crippen molar-refractivity contribution in [1.82, 2.24) is 24.5 Å². The second kappa shape index (κ2) is 9.93. The van der Waals surface area contributed by atoms with Gasteiger partial charge in [-0.3, -0.25) is 4.79 Å². The Morgan fingerprint density at radius 1 is 1.08 bits per heavy atom. The highest BCUT2D eigenvalue weighted by Gasteiger charge is 2.24. The molecule has 0 fully saturated rings. The Hall–Kier alpha value is -5.19. The second-order valence-electron chi connectivity index (χ2n) is 8.76. The van der Waals surface area contributed by atoms with Crippen LogP contribution in [0.25, 0.3) is 28.0 Å². The molecule has 3 N–H and O–H groups in total. The van der Waals surface area contributed by atoms with Gasteiger partial charge in [0, 0.05) is 34.8 Å². The molecule has 0 aliphatic rings. The Bertz CT molecular complexity index is 1780. The van der Waals surface area contributed by atoms with Gasteiger partial charge in [-0.2, -0.15) is 0 Å². The molecule has 0 aliphatic heterocycles. The Kier molecular flexibility index (Phi) is 6.48. The molecular formula is C28H23F2N7O2. The van der Waals surface area contributed by atoms with Gasteiger partial charge >= 0.3 is 6.01 Å². The Labute approximate surface area is 222 Å². The molecule has 196 valence electrons. The van der Waals surface area contributed by atoms with E-state index in [0.29, 0.717) is 39.2 Å². The number of halogens is 2. The van der Waals surface area contributed by atoms with Crippen LogP contribution in [-0.2, 0) is 4.79 Å². The van der Waals surface area contributed by atoms with E-state index in [1.807, 2.05) is 6.92 Å². The lowest BCUT2D eigenvalue weighted by Crippen LogP contribution is -2.10. The molecule has 0 aliphatic carbocycles. The number of aromatic nitrogens is 5. The molecule has 0 radical (unpaired) electrons. The van der Waals surface area contributed by atoms with Gasteiger partial charge in [0.1, 0.15) is 17.7 Å². The van der Waals surface area contributed by atoms with Gasteiger partial charge in [-0.15, -0.1) is 0 Å². The van der Waals surface area contributed by atoms with E-state index >= 15 is 8.78 Å². The number of nitrogens with zero attached hydrogens (tertiary/aromatic N) is 5. The molecule has 3 aromatic heterocycles. The quantitative estimate of drug-likeness (QED) is 0.277. The van der Waals surface area contributed by atoms with Gasteiger partial charge in [0.15, 0.2) is 17.4 Å². The number of anilines is 2. The molecule has 0 atom stereocenters. The zero-order valence-corrected chi connectivity index (χ0v) is 21.3. The first kappa shape index (κ1) is 25.5. The highest BCUT2D eigenvalue weighted by molar-refractivity contribution is 6.00. The number of carbonyl (C=O) groups is 1. The number of hydrogen-bond acceptors (Lipinski definition) is 7. The summed E-state index contributed by atoms with van der Waals surface area (Å²) in [5.41, 5.74) is 10.2. The summed E-state index contributed by atoms with van der Waals surface area (Å²) in [6, 6.07) is 9.18. The number of amides is 1. The molecular weight excluding hydrogens is 504 g/mol. The maximum absolute atomic E-state index is 15.4. The van der Waals surface area contributed by atoms with E-state index in [1.165, 1.54) is 30.7 Å². The molecule has 11 heteroatoms. The first-order valence-corrected chi connectivity index (χ1v) is 11.8. The molecule has 0 spiro atoms. The van der Waals surface area contributed by atoms with Crippen LogP contribution < -0.4 is 15.8 Å². The van der Waals surface area contributed by atoms with Crippen molar-refractivity contribution in [1.29, 1.82) is 0 Å². The lowest BCUT2D eigenvalue weighted by molar-refractivity contribution is -0.111. The SMILES string of the molecule is C=CC(=O)Nc1ccc(-c2c(C)c3ncnc(N)c3n2-c2ccc(Oc3nccc(C)n3)c(F)c2)c(C)c1F. The summed E-state index contributed by atoms with van der Waals surface area (Å²) in [6.07, 6.45) is 3.90. The van der Waals surface area contributed by atoms with Crippen LogP contribution in [0.15, 0.2) is 61.6 Å². The van der Waals surface area contributed by atoms with Crippen LogP contribution in [0.1, 0.15) is 16.8 Å². The van der Waals surface area contributed by atoms with Crippen molar-refractivity contribution in [3.05, 3.63) is 90.0 Å². The third-order valence-electron chi connectivity index (χ3n) is 6.24. The van der Waals surface area contributed by atoms with Crippen molar-refractivity contribution in [3.8, 4) is 28.7 Å². The average Bonchev–Trinajstić information content (AvgIpc) is 3.21. The number of hydrogen-bond donors (Lipinski definition) is 2. The van der Waals surface area contributed by atoms with Crippen molar-refractivity contribution >= 4 is 28.4 Å². The minimum Gasteiger partial charge on any atom is -0.421 e. The number of carbonyl (C=O) groups excluding carboxylic acids is 1. The minimum absolute atomic E-state index is 0.00619. The fraction of sp³-hybridized carbons (Fsp3) is 0.107. The van der Waals surface area contributed by atoms with E-state index in [9.17, 15) is 4.79 Å². The molecule has 2 aromatic carbocycles. The summed E-state index contributed by atoms with van der Waals surface area (Å²) in [4.78, 5) is 28.4. The standard InChI is InChI=1S/C28H23F2N7O2/c1-5-22(38)36-20-8-7-18(15(3)23(20)30)25-16(4)24-26(27(31)34-13-33-24)37(25)17-6-9-21(19(29)12-17)39-28-32-11-10-14(2)35-28/h5-13H,1H2,2-4H3,(H,36,38)(H2,31,33,34). The van der Waals surface area contributed by atoms with Crippen molar-refractivity contribution in [2.75, 3.05) is 11.1 Å². The summed E-state index contributed by atoms with van der Waals surface area (Å²) in [5, 5.41) is 2.46. The van der Waals surface area contributed by atoms with Crippen LogP contribution in [0.2, 0.25) is 0 Å². The third-order valence-corrected chi connectivity index (χ3v) is 6.24. The van der Waals surface area contributed by atoms with Crippen LogP contribution in [0, 0.1) is 32.4 Å². The number of aryl methyl sites for hydroxylation is 2. The van der Waals surface area contributed by atoms with E-state index in [0.717, 1.165) is 6.08 Å². The summed E-state index contributed by atoms with van der Waals surface area (Å²) in [6.45, 7) is 8.57. The lowest BCUT2D eigenvalue weighted by atomic mass is 10.0. The van der Waals surface area contributed by atoms with E-state index in [1.54, 1.807) is 36.6 Å². The molecule has 0 saturated carbocycles. The molecule has 5 aromatic rings. The smallest absolute Gasteiger partial charge is 0.322 e. The van der Waals surface area contributed by atoms with Gasteiger partial charge in [0.2, 0.25) is 5.91 Å². The van der Waals surface area contributed by atoms with Gasteiger partial charge in [0.05, 0.1) is 16.9 Å². The lowest BCUT2D eigenvalue weighted by Gasteiger charge is -2.17. The van der Waals surface area contributed by atoms with Gasteiger partial charge in [0.25, 0.3) is 0 Å². The minimum atomic E-state index is -0.677. The van der Waals surface area contributed by atoms with Crippen LogP contribution in [-0.4, -0.2) is 30.4 Å². The van der Waals surface area contributed by atoms with Crippen LogP contribution in [0.3, 0.4) is 0 Å². The largest absolute Gasteiger partial charge is 0.421 e. The van der Waals surface area contributed by atoms with Gasteiger partial charge in [-0.05, 0) is 56.7 Å². The Balaban J connectivity index is 1.69. The van der Waals surface area contributed by atoms with Crippen molar-refractivity contribution < 1.29 is 18.3 Å². The summed E-state index contributed by atoms with van der Waals surface area (Å²) in [7, 11) is 0. The van der Waals surface area contributed by atoms with Crippen LogP contribution >= 0.6 is 0 Å². The normalized spacial score (nSPS) is 11.0. The number of rotatable bonds is 6. The third kappa shape index (κ3) is 4.54. The number of benzene rings is 2. The number of nitrogen functional groups attached to an aromatic ring is 1. The molecule has 0 saturated heterocycles. The Morgan fingerprint density at radius 2 is 1.87 bits per heavy atom. The molecule has 39 heavy (non-hydrogen) atoms. The predicted molar refractivity (Wildman–Crippen MR) is 144 cm³/mol. The van der Waals surface area contributed by atoms with Gasteiger partial charge < -0.3 is 20.4 Å². The van der Waals surface area contributed by atoms with Gasteiger partial charge in [-0.1, -0.05) is 12.6 Å². The first-order chi connectivity index (χ1) is 18.7. The number of fused-ring (bicyclic) bond motifs is 1. The fourth-order valence-corrected chi connectivity index (χ4v) is 4.37. The van der Waals surface area contributed by atoms with Crippen LogP contribution in [0.4, 0.5) is 20.3 Å². The van der Waals surface area contributed by atoms with E-state index < -0.39 is 17.5 Å². The maximum Gasteiger partial charge on any atom is 0.322 e. The highest BCUT2D eigenvalue weighted by atomic mass is 19.1. The maximum atomic E-state index is 15.4. The summed E-state index contributed by atoms with van der Waals surface area (Å²) >= 11 is 0. The molecule has 5 rings (SSSR count). The van der Waals surface area contributed by atoms with Crippen molar-refractivity contribution in [3.63, 3.8) is 0 Å². The molecule has 0 bridgehead atoms. The molecule has 3 heterocycles. The number of nitrogens with one attached hydrogen (secondary N) is 1. The van der Waals surface area contributed by atoms with E-state index in [2.05, 4.69) is 31.8 Å².